The lowest BCUT2D eigenvalue weighted by Crippen LogP contribution is -2.46. The average Bonchev–Trinajstić information content (AvgIpc) is 2.37. The zero-order chi connectivity index (χ0) is 14.6. The fourth-order valence-electron chi connectivity index (χ4n) is 3.11. The van der Waals surface area contributed by atoms with Gasteiger partial charge in [0.1, 0.15) is 5.78 Å². The van der Waals surface area contributed by atoms with E-state index in [1.807, 2.05) is 35.4 Å². The van der Waals surface area contributed by atoms with Crippen molar-refractivity contribution in [1.29, 1.82) is 0 Å². The van der Waals surface area contributed by atoms with Gasteiger partial charge in [-0.1, -0.05) is 20.8 Å². The summed E-state index contributed by atoms with van der Waals surface area (Å²) in [4.78, 5) is 24.1. The third kappa shape index (κ3) is 2.81. The molecule has 0 rings (SSSR count). The first-order valence-electron chi connectivity index (χ1n) is 6.83. The van der Waals surface area contributed by atoms with Crippen LogP contribution in [0, 0.1) is 10.8 Å². The summed E-state index contributed by atoms with van der Waals surface area (Å²) in [6.07, 6.45) is 1.43. The molecule has 0 N–H and O–H groups in total. The number of carbonyl (C=O) groups is 2. The molecule has 0 radical (unpaired) electrons. The van der Waals surface area contributed by atoms with Crippen molar-refractivity contribution in [2.75, 3.05) is 7.11 Å². The second-order valence-corrected chi connectivity index (χ2v) is 5.55. The van der Waals surface area contributed by atoms with Crippen LogP contribution < -0.4 is 0 Å². The summed E-state index contributed by atoms with van der Waals surface area (Å²) in [5.41, 5.74) is -1.06. The lowest BCUT2D eigenvalue weighted by molar-refractivity contribution is -0.154. The average molecular weight is 252 g/mol. The van der Waals surface area contributed by atoms with Gasteiger partial charge in [-0.15, -0.1) is 0 Å². The van der Waals surface area contributed by atoms with Gasteiger partial charge < -0.3 is 4.74 Å². The molecule has 102 valence electrons. The monoisotopic (exact) mass is 252 g/mol. The van der Waals surface area contributed by atoms with Crippen molar-refractivity contribution in [3.05, 3.63) is 0 Å². The molecule has 0 aliphatic carbocycles. The summed E-state index contributed by atoms with van der Waals surface area (Å²) in [5.74, 6) is -0.0526. The Balaban J connectivity index is 5.66. The lowest BCUT2D eigenvalue weighted by atomic mass is 9.34. The van der Waals surface area contributed by atoms with Crippen molar-refractivity contribution in [2.24, 2.45) is 10.8 Å². The Morgan fingerprint density at radius 1 is 1.22 bits per heavy atom. The fraction of sp³-hybridized carbons (Fsp3) is 0.846. The van der Waals surface area contributed by atoms with Crippen LogP contribution in [0.25, 0.3) is 0 Å². The van der Waals surface area contributed by atoms with E-state index in [-0.39, 0.29) is 17.6 Å². The van der Waals surface area contributed by atoms with E-state index in [1.54, 1.807) is 6.92 Å². The Morgan fingerprint density at radius 3 is 1.89 bits per heavy atom. The van der Waals surface area contributed by atoms with Gasteiger partial charge in [0.25, 0.3) is 0 Å². The topological polar surface area (TPSA) is 43.4 Å². The summed E-state index contributed by atoms with van der Waals surface area (Å²) < 4.78 is 4.96. The number of esters is 1. The maximum atomic E-state index is 12.1. The first-order valence-corrected chi connectivity index (χ1v) is 6.83. The van der Waals surface area contributed by atoms with Crippen molar-refractivity contribution < 1.29 is 14.3 Å². The molecule has 0 heterocycles. The smallest absolute Gasteiger partial charge is 0.311 e. The van der Waals surface area contributed by atoms with E-state index in [2.05, 4.69) is 0 Å². The highest BCUT2D eigenvalue weighted by atomic mass is 16.5. The number of ketones is 1. The molecular weight excluding hydrogens is 226 g/mol. The van der Waals surface area contributed by atoms with Crippen LogP contribution in [0.3, 0.4) is 0 Å². The maximum absolute atomic E-state index is 12.1. The minimum atomic E-state index is -0.597. The molecule has 0 aliphatic heterocycles. The van der Waals surface area contributed by atoms with Gasteiger partial charge in [-0.3, -0.25) is 9.59 Å². The molecule has 0 aromatic carbocycles. The zero-order valence-electron chi connectivity index (χ0n) is 12.9. The second kappa shape index (κ2) is 6.44. The molecule has 3 atom stereocenters. The van der Waals surface area contributed by atoms with Crippen LogP contribution in [0.5, 0.6) is 0 Å². The molecule has 0 saturated heterocycles. The summed E-state index contributed by atoms with van der Waals surface area (Å²) in [5, 5.41) is 0. The predicted molar refractivity (Wildman–Crippen MR) is 78.9 cm³/mol. The highest BCUT2D eigenvalue weighted by molar-refractivity contribution is 6.90. The predicted octanol–water partition coefficient (Wildman–Crippen LogP) is 1.35. The van der Waals surface area contributed by atoms with Crippen molar-refractivity contribution in [1.82, 2.24) is 0 Å². The van der Waals surface area contributed by atoms with E-state index in [1.165, 1.54) is 7.11 Å². The van der Waals surface area contributed by atoms with Gasteiger partial charge in [0, 0.05) is 5.41 Å². The van der Waals surface area contributed by atoms with Gasteiger partial charge in [-0.05, 0) is 32.5 Å². The van der Waals surface area contributed by atoms with E-state index in [9.17, 15) is 9.59 Å². The first kappa shape index (κ1) is 17.3. The molecule has 0 amide bonds. The van der Waals surface area contributed by atoms with Crippen molar-refractivity contribution >= 4 is 26.7 Å². The minimum absolute atomic E-state index is 0.00458. The molecule has 3 nitrogen and oxygen atoms in total. The fourth-order valence-corrected chi connectivity index (χ4v) is 3.11. The normalized spacial score (nSPS) is 19.2. The minimum Gasteiger partial charge on any atom is -0.469 e. The highest BCUT2D eigenvalue weighted by Crippen LogP contribution is 2.49. The molecule has 0 aromatic rings. The van der Waals surface area contributed by atoms with Crippen LogP contribution in [0.1, 0.15) is 47.5 Å². The molecule has 0 aliphatic rings. The van der Waals surface area contributed by atoms with Crippen LogP contribution in [0.2, 0.25) is 5.82 Å². The maximum Gasteiger partial charge on any atom is 0.311 e. The molecular formula is C13H26B2O3. The number of hydrogen-bond acceptors (Lipinski definition) is 3. The van der Waals surface area contributed by atoms with Crippen molar-refractivity contribution in [2.45, 2.75) is 53.3 Å². The van der Waals surface area contributed by atoms with Crippen LogP contribution >= 0.6 is 0 Å². The van der Waals surface area contributed by atoms with E-state index in [4.69, 9.17) is 4.74 Å². The van der Waals surface area contributed by atoms with Gasteiger partial charge in [0.2, 0.25) is 0 Å². The Hall–Kier alpha value is -0.730. The van der Waals surface area contributed by atoms with Gasteiger partial charge in [-0.25, -0.2) is 0 Å². The van der Waals surface area contributed by atoms with E-state index >= 15 is 0 Å². The number of carbonyl (C=O) groups excluding carboxylic acids is 2. The molecule has 3 unspecified atom stereocenters. The second-order valence-electron chi connectivity index (χ2n) is 5.55. The number of hydrogen-bond donors (Lipinski definition) is 0. The van der Waals surface area contributed by atoms with E-state index in [0.717, 1.165) is 13.6 Å². The Labute approximate surface area is 113 Å². The quantitative estimate of drug-likeness (QED) is 0.507. The highest BCUT2D eigenvalue weighted by Gasteiger charge is 2.50. The molecule has 0 aromatic heterocycles. The molecule has 18 heavy (non-hydrogen) atoms. The van der Waals surface area contributed by atoms with Crippen molar-refractivity contribution in [3.63, 3.8) is 0 Å². The number of Topliss-reactive ketones (excluding diaryl/α,β-unsaturated/α-hetero) is 1. The van der Waals surface area contributed by atoms with E-state index < -0.39 is 10.8 Å². The summed E-state index contributed by atoms with van der Waals surface area (Å²) in [6, 6.07) is 0. The van der Waals surface area contributed by atoms with Gasteiger partial charge in [-0.2, -0.15) is 0 Å². The Kier molecular flexibility index (Phi) is 6.18. The van der Waals surface area contributed by atoms with Crippen LogP contribution in [0.4, 0.5) is 0 Å². The van der Waals surface area contributed by atoms with Crippen molar-refractivity contribution in [3.8, 4) is 0 Å². The lowest BCUT2D eigenvalue weighted by Gasteiger charge is -2.44. The van der Waals surface area contributed by atoms with E-state index in [0.29, 0.717) is 6.42 Å². The molecule has 0 bridgehead atoms. The zero-order valence-corrected chi connectivity index (χ0v) is 12.9. The van der Waals surface area contributed by atoms with Gasteiger partial charge in [0.05, 0.1) is 27.4 Å². The summed E-state index contributed by atoms with van der Waals surface area (Å²) in [6.45, 7) is 9.51. The SMILES string of the molecule is BBC(C(C)(CC)C(C)=O)C(C)(CC)C(=O)OC. The largest absolute Gasteiger partial charge is 0.469 e. The Bertz CT molecular complexity index is 319. The molecule has 5 heteroatoms. The molecule has 0 fully saturated rings. The molecule has 0 saturated carbocycles. The third-order valence-corrected chi connectivity index (χ3v) is 4.87. The van der Waals surface area contributed by atoms with Crippen LogP contribution in [-0.4, -0.2) is 33.8 Å². The molecule has 0 spiro atoms. The summed E-state index contributed by atoms with van der Waals surface area (Å²) in [7, 11) is 4.25. The number of rotatable bonds is 7. The van der Waals surface area contributed by atoms with Crippen LogP contribution in [-0.2, 0) is 14.3 Å². The van der Waals surface area contributed by atoms with Gasteiger partial charge >= 0.3 is 5.97 Å². The van der Waals surface area contributed by atoms with Crippen LogP contribution in [0.15, 0.2) is 0 Å². The number of methoxy groups -OCH3 is 1. The number of ether oxygens (including phenoxy) is 1. The summed E-state index contributed by atoms with van der Waals surface area (Å²) >= 11 is 0. The third-order valence-electron chi connectivity index (χ3n) is 4.87. The first-order chi connectivity index (χ1) is 8.24. The standard InChI is InChI=1S/C13H26B2O3/c1-7-12(4,9(3)16)10(15-14)13(5,8-2)11(17)18-6/h10,15H,7-8,14H2,1-6H3. The van der Waals surface area contributed by atoms with Gasteiger partial charge in [0.15, 0.2) is 0 Å². The Morgan fingerprint density at radius 2 is 1.67 bits per heavy atom.